The van der Waals surface area contributed by atoms with Gasteiger partial charge >= 0.3 is 5.97 Å². The lowest BCUT2D eigenvalue weighted by Crippen LogP contribution is -2.16. The number of hydrogen-bond acceptors (Lipinski definition) is 2. The lowest BCUT2D eigenvalue weighted by Gasteiger charge is -2.22. The van der Waals surface area contributed by atoms with Crippen molar-refractivity contribution in [1.29, 1.82) is 0 Å². The van der Waals surface area contributed by atoms with Crippen LogP contribution in [0.1, 0.15) is 48.5 Å². The number of hydrogen-bond donors (Lipinski definition) is 1. The molecule has 1 aliphatic rings. The van der Waals surface area contributed by atoms with Crippen LogP contribution < -0.4 is 0 Å². The molecule has 15 heavy (non-hydrogen) atoms. The van der Waals surface area contributed by atoms with Gasteiger partial charge in [-0.05, 0) is 35.4 Å². The number of rotatable bonds is 2. The summed E-state index contributed by atoms with van der Waals surface area (Å²) in [4.78, 5) is 10.9. The molecule has 0 atom stereocenters. The Morgan fingerprint density at radius 1 is 1.47 bits per heavy atom. The van der Waals surface area contributed by atoms with E-state index in [1.54, 1.807) is 0 Å². The van der Waals surface area contributed by atoms with E-state index in [2.05, 4.69) is 27.7 Å². The third-order valence-electron chi connectivity index (χ3n) is 2.89. The summed E-state index contributed by atoms with van der Waals surface area (Å²) in [6.07, 6.45) is 7.44. The quantitative estimate of drug-likeness (QED) is 0.853. The van der Waals surface area contributed by atoms with Gasteiger partial charge in [0, 0.05) is 0 Å². The lowest BCUT2D eigenvalue weighted by molar-refractivity contribution is 0.0695. The summed E-state index contributed by atoms with van der Waals surface area (Å²) in [6.45, 7) is 0. The van der Waals surface area contributed by atoms with E-state index in [9.17, 15) is 4.79 Å². The molecule has 0 saturated heterocycles. The predicted molar refractivity (Wildman–Crippen MR) is 64.0 cm³/mol. The Morgan fingerprint density at radius 3 is 2.67 bits per heavy atom. The lowest BCUT2D eigenvalue weighted by atomic mass is 9.96. The van der Waals surface area contributed by atoms with Crippen molar-refractivity contribution in [3.8, 4) is 0 Å². The zero-order valence-corrected chi connectivity index (χ0v) is 10.5. The molecule has 1 fully saturated rings. The summed E-state index contributed by atoms with van der Waals surface area (Å²) < 4.78 is 2.63. The van der Waals surface area contributed by atoms with E-state index in [1.807, 2.05) is 4.68 Å². The molecule has 82 valence electrons. The SMILES string of the molecule is O=C(O)c1cnn(C2CCCCC2)c1I. The van der Waals surface area contributed by atoms with Crippen LogP contribution in [0.5, 0.6) is 0 Å². The molecular weight excluding hydrogens is 307 g/mol. The van der Waals surface area contributed by atoms with E-state index < -0.39 is 5.97 Å². The molecule has 0 bridgehead atoms. The molecule has 1 aliphatic carbocycles. The minimum absolute atomic E-state index is 0.321. The van der Waals surface area contributed by atoms with Crippen molar-refractivity contribution in [2.75, 3.05) is 0 Å². The molecule has 0 radical (unpaired) electrons. The highest BCUT2D eigenvalue weighted by Gasteiger charge is 2.21. The van der Waals surface area contributed by atoms with E-state index in [4.69, 9.17) is 5.11 Å². The summed E-state index contributed by atoms with van der Waals surface area (Å²) in [7, 11) is 0. The first kappa shape index (κ1) is 10.9. The van der Waals surface area contributed by atoms with Gasteiger partial charge in [0.2, 0.25) is 0 Å². The first-order valence-corrected chi connectivity index (χ1v) is 6.24. The van der Waals surface area contributed by atoms with Gasteiger partial charge in [0.25, 0.3) is 0 Å². The highest BCUT2D eigenvalue weighted by Crippen LogP contribution is 2.29. The molecular formula is C10H13IN2O2. The van der Waals surface area contributed by atoms with Crippen LogP contribution >= 0.6 is 22.6 Å². The smallest absolute Gasteiger partial charge is 0.340 e. The zero-order chi connectivity index (χ0) is 10.8. The van der Waals surface area contributed by atoms with Crippen LogP contribution in [-0.2, 0) is 0 Å². The van der Waals surface area contributed by atoms with E-state index in [0.29, 0.717) is 11.6 Å². The Labute approximate surface area is 102 Å². The minimum atomic E-state index is -0.888. The molecule has 1 saturated carbocycles. The fraction of sp³-hybridized carbons (Fsp3) is 0.600. The summed E-state index contributed by atoms with van der Waals surface area (Å²) in [5.41, 5.74) is 0.321. The van der Waals surface area contributed by atoms with Crippen molar-refractivity contribution in [1.82, 2.24) is 9.78 Å². The topological polar surface area (TPSA) is 55.1 Å². The second kappa shape index (κ2) is 4.51. The maximum atomic E-state index is 10.9. The second-order valence-corrected chi connectivity index (χ2v) is 4.91. The van der Waals surface area contributed by atoms with Gasteiger partial charge in [0.15, 0.2) is 0 Å². The van der Waals surface area contributed by atoms with Crippen molar-refractivity contribution >= 4 is 28.6 Å². The monoisotopic (exact) mass is 320 g/mol. The van der Waals surface area contributed by atoms with Gasteiger partial charge in [-0.15, -0.1) is 0 Å². The van der Waals surface area contributed by atoms with Crippen molar-refractivity contribution in [2.45, 2.75) is 38.1 Å². The number of carbonyl (C=O) groups is 1. The molecule has 2 rings (SSSR count). The zero-order valence-electron chi connectivity index (χ0n) is 8.32. The van der Waals surface area contributed by atoms with Crippen molar-refractivity contribution in [3.05, 3.63) is 15.5 Å². The number of carboxylic acid groups (broad SMARTS) is 1. The van der Waals surface area contributed by atoms with E-state index in [0.717, 1.165) is 16.5 Å². The molecule has 4 nitrogen and oxygen atoms in total. The standard InChI is InChI=1S/C10H13IN2O2/c11-9-8(10(14)15)6-12-13(9)7-4-2-1-3-5-7/h6-7H,1-5H2,(H,14,15). The Bertz CT molecular complexity index is 369. The third kappa shape index (κ3) is 2.16. The Hall–Kier alpha value is -0.590. The first-order valence-electron chi connectivity index (χ1n) is 5.16. The summed E-state index contributed by atoms with van der Waals surface area (Å²) >= 11 is 2.07. The van der Waals surface area contributed by atoms with Gasteiger partial charge < -0.3 is 5.11 Å². The van der Waals surface area contributed by atoms with Gasteiger partial charge in [-0.3, -0.25) is 4.68 Å². The maximum Gasteiger partial charge on any atom is 0.340 e. The molecule has 0 unspecified atom stereocenters. The molecule has 1 N–H and O–H groups in total. The molecule has 0 spiro atoms. The minimum Gasteiger partial charge on any atom is -0.478 e. The summed E-state index contributed by atoms with van der Waals surface area (Å²) in [6, 6.07) is 0.402. The first-order chi connectivity index (χ1) is 7.20. The van der Waals surface area contributed by atoms with Crippen LogP contribution in [0.25, 0.3) is 0 Å². The van der Waals surface area contributed by atoms with Gasteiger partial charge in [-0.1, -0.05) is 19.3 Å². The number of carboxylic acids is 1. The number of aromatic carboxylic acids is 1. The van der Waals surface area contributed by atoms with Gasteiger partial charge in [-0.2, -0.15) is 5.10 Å². The van der Waals surface area contributed by atoms with Crippen molar-refractivity contribution < 1.29 is 9.90 Å². The highest BCUT2D eigenvalue weighted by molar-refractivity contribution is 14.1. The Kier molecular flexibility index (Phi) is 3.28. The van der Waals surface area contributed by atoms with Crippen molar-refractivity contribution in [3.63, 3.8) is 0 Å². The summed E-state index contributed by atoms with van der Waals surface area (Å²) in [5.74, 6) is -0.888. The number of nitrogens with zero attached hydrogens (tertiary/aromatic N) is 2. The third-order valence-corrected chi connectivity index (χ3v) is 3.96. The normalized spacial score (nSPS) is 17.9. The molecule has 0 aliphatic heterocycles. The Morgan fingerprint density at radius 2 is 2.13 bits per heavy atom. The second-order valence-electron chi connectivity index (χ2n) is 3.89. The van der Waals surface area contributed by atoms with Crippen LogP contribution in [0.3, 0.4) is 0 Å². The van der Waals surface area contributed by atoms with Gasteiger partial charge in [-0.25, -0.2) is 4.79 Å². The van der Waals surface area contributed by atoms with Crippen LogP contribution in [0.2, 0.25) is 0 Å². The summed E-state index contributed by atoms with van der Waals surface area (Å²) in [5, 5.41) is 13.1. The van der Waals surface area contributed by atoms with Crippen LogP contribution in [0.4, 0.5) is 0 Å². The van der Waals surface area contributed by atoms with Crippen LogP contribution in [0.15, 0.2) is 6.20 Å². The van der Waals surface area contributed by atoms with Gasteiger partial charge in [0.05, 0.1) is 12.2 Å². The van der Waals surface area contributed by atoms with E-state index >= 15 is 0 Å². The molecule has 5 heteroatoms. The molecule has 0 amide bonds. The van der Waals surface area contributed by atoms with Crippen molar-refractivity contribution in [2.24, 2.45) is 0 Å². The molecule has 1 heterocycles. The number of halogens is 1. The van der Waals surface area contributed by atoms with E-state index in [1.165, 1.54) is 25.5 Å². The fourth-order valence-corrected chi connectivity index (χ4v) is 2.96. The molecule has 0 aromatic carbocycles. The largest absolute Gasteiger partial charge is 0.478 e. The maximum absolute atomic E-state index is 10.9. The predicted octanol–water partition coefficient (Wildman–Crippen LogP) is 2.69. The Balaban J connectivity index is 2.24. The van der Waals surface area contributed by atoms with E-state index in [-0.39, 0.29) is 0 Å². The highest BCUT2D eigenvalue weighted by atomic mass is 127. The fourth-order valence-electron chi connectivity index (χ4n) is 2.07. The molecule has 1 aromatic rings. The average Bonchev–Trinajstić information content (AvgIpc) is 2.61. The van der Waals surface area contributed by atoms with Crippen LogP contribution in [0, 0.1) is 3.70 Å². The van der Waals surface area contributed by atoms with Gasteiger partial charge in [0.1, 0.15) is 9.26 Å². The van der Waals surface area contributed by atoms with Crippen LogP contribution in [-0.4, -0.2) is 20.9 Å². The molecule has 1 aromatic heterocycles. The average molecular weight is 320 g/mol. The number of aromatic nitrogens is 2.